The van der Waals surface area contributed by atoms with E-state index in [2.05, 4.69) is 25.9 Å². The number of amides is 1. The molecular weight excluding hydrogens is 359 g/mol. The van der Waals surface area contributed by atoms with Crippen molar-refractivity contribution in [3.63, 3.8) is 0 Å². The van der Waals surface area contributed by atoms with Gasteiger partial charge in [0.15, 0.2) is 11.6 Å². The predicted octanol–water partition coefficient (Wildman–Crippen LogP) is 3.69. The molecule has 3 aromatic carbocycles. The summed E-state index contributed by atoms with van der Waals surface area (Å²) >= 11 is 0. The van der Waals surface area contributed by atoms with Crippen LogP contribution < -0.4 is 5.32 Å². The molecule has 0 bridgehead atoms. The number of benzene rings is 3. The van der Waals surface area contributed by atoms with E-state index in [1.165, 1.54) is 18.2 Å². The highest BCUT2D eigenvalue weighted by Gasteiger charge is 2.17. The molecule has 1 heterocycles. The number of nitrogens with one attached hydrogen (secondary N) is 2. The molecule has 0 aliphatic rings. The fraction of sp³-hybridized carbons (Fsp3) is 0. The lowest BCUT2D eigenvalue weighted by Crippen LogP contribution is -2.13. The zero-order valence-corrected chi connectivity index (χ0v) is 13.5. The number of hydrogen-bond acceptors (Lipinski definition) is 4. The molecule has 0 spiro atoms. The quantitative estimate of drug-likeness (QED) is 0.577. The molecule has 27 heavy (non-hydrogen) atoms. The van der Waals surface area contributed by atoms with Gasteiger partial charge in [0.05, 0.1) is 5.69 Å². The summed E-state index contributed by atoms with van der Waals surface area (Å²) in [6.07, 6.45) is 0. The minimum absolute atomic E-state index is 0.00168. The first-order valence-electron chi connectivity index (χ1n) is 7.75. The van der Waals surface area contributed by atoms with Gasteiger partial charge in [-0.2, -0.15) is 5.21 Å². The van der Waals surface area contributed by atoms with Crippen LogP contribution in [0.2, 0.25) is 0 Å². The molecule has 4 aromatic rings. The molecule has 0 radical (unpaired) electrons. The Morgan fingerprint density at radius 2 is 1.67 bits per heavy atom. The van der Waals surface area contributed by atoms with Gasteiger partial charge >= 0.3 is 0 Å². The summed E-state index contributed by atoms with van der Waals surface area (Å²) in [6.45, 7) is 0. The molecular formula is C18H10F3N5O. The summed E-state index contributed by atoms with van der Waals surface area (Å²) in [4.78, 5) is 12.6. The summed E-state index contributed by atoms with van der Waals surface area (Å²) < 4.78 is 40.6. The van der Waals surface area contributed by atoms with E-state index in [-0.39, 0.29) is 28.5 Å². The van der Waals surface area contributed by atoms with Crippen molar-refractivity contribution >= 4 is 22.4 Å². The van der Waals surface area contributed by atoms with Crippen molar-refractivity contribution in [2.45, 2.75) is 0 Å². The Morgan fingerprint density at radius 1 is 0.926 bits per heavy atom. The molecule has 9 heteroatoms. The largest absolute Gasteiger partial charge is 0.321 e. The first-order valence-corrected chi connectivity index (χ1v) is 7.75. The molecule has 0 atom stereocenters. The summed E-state index contributed by atoms with van der Waals surface area (Å²) in [5.74, 6) is -3.19. The number of H-pyrrole nitrogens is 1. The van der Waals surface area contributed by atoms with Crippen molar-refractivity contribution in [2.24, 2.45) is 0 Å². The van der Waals surface area contributed by atoms with Gasteiger partial charge in [0.1, 0.15) is 5.82 Å². The Morgan fingerprint density at radius 3 is 2.44 bits per heavy atom. The van der Waals surface area contributed by atoms with E-state index in [4.69, 9.17) is 0 Å². The first kappa shape index (κ1) is 16.7. The lowest BCUT2D eigenvalue weighted by molar-refractivity contribution is 0.102. The van der Waals surface area contributed by atoms with Crippen molar-refractivity contribution < 1.29 is 18.0 Å². The van der Waals surface area contributed by atoms with Crippen LogP contribution in [-0.4, -0.2) is 26.5 Å². The third kappa shape index (κ3) is 3.22. The zero-order chi connectivity index (χ0) is 19.0. The number of aromatic amines is 1. The van der Waals surface area contributed by atoms with Crippen LogP contribution in [0.15, 0.2) is 48.5 Å². The molecule has 4 rings (SSSR count). The van der Waals surface area contributed by atoms with Crippen molar-refractivity contribution in [1.29, 1.82) is 0 Å². The zero-order valence-electron chi connectivity index (χ0n) is 13.5. The number of carbonyl (C=O) groups excluding carboxylic acids is 1. The van der Waals surface area contributed by atoms with Crippen LogP contribution in [0.4, 0.5) is 18.9 Å². The molecule has 6 nitrogen and oxygen atoms in total. The first-order chi connectivity index (χ1) is 13.0. The SMILES string of the molecule is O=C(Nc1cc(F)c(F)cc1-c1nn[nH]n1)c1ccc2cc(F)ccc2c1. The lowest BCUT2D eigenvalue weighted by atomic mass is 10.1. The smallest absolute Gasteiger partial charge is 0.255 e. The molecule has 0 saturated carbocycles. The fourth-order valence-corrected chi connectivity index (χ4v) is 2.66. The van der Waals surface area contributed by atoms with Crippen LogP contribution in [0.5, 0.6) is 0 Å². The average Bonchev–Trinajstić information content (AvgIpc) is 3.18. The van der Waals surface area contributed by atoms with Crippen molar-refractivity contribution in [1.82, 2.24) is 20.6 Å². The van der Waals surface area contributed by atoms with Gasteiger partial charge in [0, 0.05) is 17.2 Å². The average molecular weight is 369 g/mol. The van der Waals surface area contributed by atoms with Gasteiger partial charge in [-0.3, -0.25) is 4.79 Å². The number of anilines is 1. The highest BCUT2D eigenvalue weighted by Crippen LogP contribution is 2.28. The lowest BCUT2D eigenvalue weighted by Gasteiger charge is -2.10. The number of nitrogens with zero attached hydrogens (tertiary/aromatic N) is 3. The Bertz CT molecular complexity index is 1160. The number of rotatable bonds is 3. The van der Waals surface area contributed by atoms with Crippen LogP contribution in [0.3, 0.4) is 0 Å². The Kier molecular flexibility index (Phi) is 4.03. The molecule has 0 aliphatic carbocycles. The molecule has 0 saturated heterocycles. The molecule has 0 unspecified atom stereocenters. The van der Waals surface area contributed by atoms with E-state index in [0.717, 1.165) is 12.1 Å². The Balaban J connectivity index is 1.71. The van der Waals surface area contributed by atoms with Crippen LogP contribution >= 0.6 is 0 Å². The van der Waals surface area contributed by atoms with E-state index in [1.807, 2.05) is 0 Å². The summed E-state index contributed by atoms with van der Waals surface area (Å²) in [6, 6.07) is 10.6. The number of fused-ring (bicyclic) bond motifs is 1. The molecule has 1 aromatic heterocycles. The monoisotopic (exact) mass is 369 g/mol. The maximum atomic E-state index is 13.7. The van der Waals surface area contributed by atoms with E-state index >= 15 is 0 Å². The molecule has 2 N–H and O–H groups in total. The van der Waals surface area contributed by atoms with E-state index < -0.39 is 17.5 Å². The van der Waals surface area contributed by atoms with E-state index in [9.17, 15) is 18.0 Å². The minimum Gasteiger partial charge on any atom is -0.321 e. The van der Waals surface area contributed by atoms with E-state index in [0.29, 0.717) is 10.8 Å². The van der Waals surface area contributed by atoms with Crippen LogP contribution in [-0.2, 0) is 0 Å². The van der Waals surface area contributed by atoms with Gasteiger partial charge in [-0.05, 0) is 46.3 Å². The number of aromatic nitrogens is 4. The summed E-state index contributed by atoms with van der Waals surface area (Å²) in [5.41, 5.74) is 0.316. The van der Waals surface area contributed by atoms with Crippen LogP contribution in [0.1, 0.15) is 10.4 Å². The topological polar surface area (TPSA) is 83.6 Å². The number of carbonyl (C=O) groups is 1. The standard InChI is InChI=1S/C18H10F3N5O/c19-12-4-3-9-5-11(2-1-10(9)6-12)18(27)22-16-8-15(21)14(20)7-13(16)17-23-25-26-24-17/h1-8H,(H,22,27)(H,23,24,25,26). The van der Waals surface area contributed by atoms with Gasteiger partial charge in [-0.1, -0.05) is 12.1 Å². The van der Waals surface area contributed by atoms with Crippen molar-refractivity contribution in [2.75, 3.05) is 5.32 Å². The van der Waals surface area contributed by atoms with Crippen LogP contribution in [0, 0.1) is 17.5 Å². The van der Waals surface area contributed by atoms with Gasteiger partial charge < -0.3 is 5.32 Å². The van der Waals surface area contributed by atoms with E-state index in [1.54, 1.807) is 18.2 Å². The molecule has 1 amide bonds. The van der Waals surface area contributed by atoms with Crippen molar-refractivity contribution in [3.05, 3.63) is 71.5 Å². The second kappa shape index (κ2) is 6.52. The Labute approximate surface area is 150 Å². The third-order valence-corrected chi connectivity index (χ3v) is 3.96. The van der Waals surface area contributed by atoms with Crippen LogP contribution in [0.25, 0.3) is 22.2 Å². The maximum absolute atomic E-state index is 13.7. The fourth-order valence-electron chi connectivity index (χ4n) is 2.66. The second-order valence-electron chi connectivity index (χ2n) is 5.71. The van der Waals surface area contributed by atoms with Gasteiger partial charge in [-0.15, -0.1) is 10.2 Å². The molecule has 0 fully saturated rings. The third-order valence-electron chi connectivity index (χ3n) is 3.96. The number of hydrogen-bond donors (Lipinski definition) is 2. The molecule has 0 aliphatic heterocycles. The number of tetrazole rings is 1. The molecule has 134 valence electrons. The van der Waals surface area contributed by atoms with Gasteiger partial charge in [0.25, 0.3) is 5.91 Å². The second-order valence-corrected chi connectivity index (χ2v) is 5.71. The highest BCUT2D eigenvalue weighted by molar-refractivity contribution is 6.07. The predicted molar refractivity (Wildman–Crippen MR) is 91.4 cm³/mol. The normalized spacial score (nSPS) is 10.9. The Hall–Kier alpha value is -3.75. The number of halogens is 3. The summed E-state index contributed by atoms with van der Waals surface area (Å²) in [7, 11) is 0. The minimum atomic E-state index is -1.13. The highest BCUT2D eigenvalue weighted by atomic mass is 19.2. The maximum Gasteiger partial charge on any atom is 0.255 e. The van der Waals surface area contributed by atoms with Gasteiger partial charge in [-0.25, -0.2) is 13.2 Å². The summed E-state index contributed by atoms with van der Waals surface area (Å²) in [5, 5.41) is 16.8. The van der Waals surface area contributed by atoms with Gasteiger partial charge in [0.2, 0.25) is 5.82 Å². The van der Waals surface area contributed by atoms with Crippen molar-refractivity contribution in [3.8, 4) is 11.4 Å².